The maximum Gasteiger partial charge on any atom is 0.323 e. The van der Waals surface area contributed by atoms with Crippen molar-refractivity contribution in [3.8, 4) is 0 Å². The summed E-state index contributed by atoms with van der Waals surface area (Å²) in [6.45, 7) is 5.45. The largest absolute Gasteiger partial charge is 0.480 e. The summed E-state index contributed by atoms with van der Waals surface area (Å²) in [6, 6.07) is -0.0670. The topological polar surface area (TPSA) is 83.6 Å². The molecule has 0 rings (SSSR count). The summed E-state index contributed by atoms with van der Waals surface area (Å²) in [6.07, 6.45) is 0.732. The van der Waals surface area contributed by atoms with E-state index in [9.17, 15) is 9.59 Å². The first-order valence-electron chi connectivity index (χ1n) is 5.16. The zero-order valence-electron chi connectivity index (χ0n) is 9.56. The molecule has 0 fully saturated rings. The molecule has 88 valence electrons. The van der Waals surface area contributed by atoms with E-state index in [0.29, 0.717) is 0 Å². The molecular formula is C10H20N2O3. The van der Waals surface area contributed by atoms with Crippen LogP contribution in [0.15, 0.2) is 0 Å². The number of nitrogens with two attached hydrogens (primary N) is 1. The van der Waals surface area contributed by atoms with E-state index in [1.165, 1.54) is 4.90 Å². The molecule has 3 N–H and O–H groups in total. The summed E-state index contributed by atoms with van der Waals surface area (Å²) >= 11 is 0. The Kier molecular flexibility index (Phi) is 5.93. The molecule has 2 unspecified atom stereocenters. The number of carbonyl (C=O) groups is 2. The van der Waals surface area contributed by atoms with Crippen LogP contribution in [-0.4, -0.2) is 41.0 Å². The van der Waals surface area contributed by atoms with E-state index in [1.807, 2.05) is 13.8 Å². The second-order valence-corrected chi connectivity index (χ2v) is 3.75. The zero-order chi connectivity index (χ0) is 12.0. The zero-order valence-corrected chi connectivity index (χ0v) is 9.56. The number of amides is 1. The minimum Gasteiger partial charge on any atom is -0.480 e. The second kappa shape index (κ2) is 6.40. The first kappa shape index (κ1) is 13.9. The summed E-state index contributed by atoms with van der Waals surface area (Å²) in [7, 11) is 0. The van der Waals surface area contributed by atoms with E-state index >= 15 is 0 Å². The highest BCUT2D eigenvalue weighted by molar-refractivity contribution is 5.83. The molecule has 0 spiro atoms. The number of rotatable bonds is 6. The van der Waals surface area contributed by atoms with Crippen LogP contribution < -0.4 is 5.73 Å². The van der Waals surface area contributed by atoms with Crippen molar-refractivity contribution in [1.82, 2.24) is 4.90 Å². The molecule has 0 bridgehead atoms. The summed E-state index contributed by atoms with van der Waals surface area (Å²) in [5.74, 6) is -1.50. The van der Waals surface area contributed by atoms with E-state index in [1.54, 1.807) is 6.92 Å². The number of hydrogen-bond acceptors (Lipinski definition) is 3. The Balaban J connectivity index is 4.61. The molecule has 15 heavy (non-hydrogen) atoms. The van der Waals surface area contributed by atoms with Gasteiger partial charge in [-0.15, -0.1) is 0 Å². The normalized spacial score (nSPS) is 14.4. The number of aliphatic carboxylic acids is 1. The van der Waals surface area contributed by atoms with Gasteiger partial charge in [0.2, 0.25) is 5.91 Å². The molecule has 2 atom stereocenters. The predicted molar refractivity (Wildman–Crippen MR) is 57.3 cm³/mol. The van der Waals surface area contributed by atoms with Crippen LogP contribution in [0.5, 0.6) is 0 Å². The Hall–Kier alpha value is -1.10. The summed E-state index contributed by atoms with van der Waals surface area (Å²) in [4.78, 5) is 23.8. The summed E-state index contributed by atoms with van der Waals surface area (Å²) < 4.78 is 0. The van der Waals surface area contributed by atoms with E-state index in [-0.39, 0.29) is 31.0 Å². The Morgan fingerprint density at radius 3 is 2.27 bits per heavy atom. The molecule has 0 saturated carbocycles. The van der Waals surface area contributed by atoms with Gasteiger partial charge < -0.3 is 15.7 Å². The maximum absolute atomic E-state index is 11.8. The molecule has 0 radical (unpaired) electrons. The first-order valence-corrected chi connectivity index (χ1v) is 5.16. The average Bonchev–Trinajstić information content (AvgIpc) is 2.22. The molecule has 5 heteroatoms. The Morgan fingerprint density at radius 1 is 1.40 bits per heavy atom. The van der Waals surface area contributed by atoms with Gasteiger partial charge in [0.15, 0.2) is 0 Å². The van der Waals surface area contributed by atoms with Crippen molar-refractivity contribution in [2.24, 2.45) is 11.7 Å². The molecule has 0 aromatic carbocycles. The van der Waals surface area contributed by atoms with Crippen LogP contribution in [-0.2, 0) is 9.59 Å². The van der Waals surface area contributed by atoms with Crippen LogP contribution in [0, 0.1) is 5.92 Å². The van der Waals surface area contributed by atoms with Gasteiger partial charge in [0.05, 0.1) is 0 Å². The molecule has 0 heterocycles. The lowest BCUT2D eigenvalue weighted by Crippen LogP contribution is -2.45. The number of carbonyl (C=O) groups excluding carboxylic acids is 1. The average molecular weight is 216 g/mol. The van der Waals surface area contributed by atoms with Gasteiger partial charge in [-0.1, -0.05) is 13.8 Å². The van der Waals surface area contributed by atoms with Crippen molar-refractivity contribution in [2.45, 2.75) is 33.2 Å². The van der Waals surface area contributed by atoms with Gasteiger partial charge in [-0.2, -0.15) is 0 Å². The minimum absolute atomic E-state index is 0.0670. The highest BCUT2D eigenvalue weighted by Crippen LogP contribution is 2.08. The van der Waals surface area contributed by atoms with E-state index in [4.69, 9.17) is 10.8 Å². The van der Waals surface area contributed by atoms with Gasteiger partial charge >= 0.3 is 5.97 Å². The van der Waals surface area contributed by atoms with Crippen LogP contribution in [0.2, 0.25) is 0 Å². The monoisotopic (exact) mass is 216 g/mol. The van der Waals surface area contributed by atoms with Crippen molar-refractivity contribution in [1.29, 1.82) is 0 Å². The standard InChI is InChI=1S/C10H20N2O3/c1-4-8(3)12(6-9(13)14)10(15)7(2)5-11/h7-8H,4-6,11H2,1-3H3,(H,13,14). The molecule has 0 aliphatic carbocycles. The third-order valence-corrected chi connectivity index (χ3v) is 2.49. The highest BCUT2D eigenvalue weighted by Gasteiger charge is 2.24. The molecule has 5 nitrogen and oxygen atoms in total. The lowest BCUT2D eigenvalue weighted by molar-refractivity contribution is -0.147. The number of carboxylic acids is 1. The van der Waals surface area contributed by atoms with Crippen molar-refractivity contribution in [2.75, 3.05) is 13.1 Å². The first-order chi connectivity index (χ1) is 6.93. The fraction of sp³-hybridized carbons (Fsp3) is 0.800. The lowest BCUT2D eigenvalue weighted by atomic mass is 10.1. The van der Waals surface area contributed by atoms with Gasteiger partial charge in [0.25, 0.3) is 0 Å². The number of nitrogens with zero attached hydrogens (tertiary/aromatic N) is 1. The van der Waals surface area contributed by atoms with Crippen LogP contribution in [0.3, 0.4) is 0 Å². The van der Waals surface area contributed by atoms with Crippen molar-refractivity contribution >= 4 is 11.9 Å². The highest BCUT2D eigenvalue weighted by atomic mass is 16.4. The molecule has 0 aromatic heterocycles. The third-order valence-electron chi connectivity index (χ3n) is 2.49. The lowest BCUT2D eigenvalue weighted by Gasteiger charge is -2.29. The van der Waals surface area contributed by atoms with Crippen LogP contribution >= 0.6 is 0 Å². The quantitative estimate of drug-likeness (QED) is 0.668. The van der Waals surface area contributed by atoms with Gasteiger partial charge in [-0.05, 0) is 13.3 Å². The van der Waals surface area contributed by atoms with Gasteiger partial charge in [-0.25, -0.2) is 0 Å². The van der Waals surface area contributed by atoms with Gasteiger partial charge in [0.1, 0.15) is 6.54 Å². The fourth-order valence-corrected chi connectivity index (χ4v) is 1.20. The smallest absolute Gasteiger partial charge is 0.323 e. The van der Waals surface area contributed by atoms with Crippen LogP contribution in [0.4, 0.5) is 0 Å². The van der Waals surface area contributed by atoms with Crippen LogP contribution in [0.1, 0.15) is 27.2 Å². The third kappa shape index (κ3) is 4.29. The number of carboxylic acid groups (broad SMARTS) is 1. The molecule has 1 amide bonds. The Labute approximate surface area is 90.2 Å². The summed E-state index contributed by atoms with van der Waals surface area (Å²) in [5, 5.41) is 8.71. The molecule has 0 aliphatic heterocycles. The second-order valence-electron chi connectivity index (χ2n) is 3.75. The van der Waals surface area contributed by atoms with Gasteiger partial charge in [0, 0.05) is 18.5 Å². The van der Waals surface area contributed by atoms with E-state index < -0.39 is 5.97 Å². The van der Waals surface area contributed by atoms with Gasteiger partial charge in [-0.3, -0.25) is 9.59 Å². The molecular weight excluding hydrogens is 196 g/mol. The SMILES string of the molecule is CCC(C)N(CC(=O)O)C(=O)C(C)CN. The fourth-order valence-electron chi connectivity index (χ4n) is 1.20. The van der Waals surface area contributed by atoms with Crippen molar-refractivity contribution in [3.63, 3.8) is 0 Å². The predicted octanol–water partition coefficient (Wildman–Crippen LogP) is 0.293. The molecule has 0 aliphatic rings. The van der Waals surface area contributed by atoms with Crippen molar-refractivity contribution < 1.29 is 14.7 Å². The maximum atomic E-state index is 11.8. The summed E-state index contributed by atoms with van der Waals surface area (Å²) in [5.41, 5.74) is 5.39. The van der Waals surface area contributed by atoms with E-state index in [0.717, 1.165) is 6.42 Å². The Morgan fingerprint density at radius 2 is 1.93 bits per heavy atom. The number of hydrogen-bond donors (Lipinski definition) is 2. The van der Waals surface area contributed by atoms with Crippen molar-refractivity contribution in [3.05, 3.63) is 0 Å². The Bertz CT molecular complexity index is 231. The van der Waals surface area contributed by atoms with E-state index in [2.05, 4.69) is 0 Å². The van der Waals surface area contributed by atoms with Crippen LogP contribution in [0.25, 0.3) is 0 Å². The molecule has 0 aromatic rings. The molecule has 0 saturated heterocycles. The minimum atomic E-state index is -0.993.